The number of nitrogens with zero attached hydrogens (tertiary/aromatic N) is 4. The number of pyridine rings is 1. The van der Waals surface area contributed by atoms with Crippen molar-refractivity contribution >= 4 is 23.4 Å². The molecule has 1 fully saturated rings. The van der Waals surface area contributed by atoms with E-state index in [9.17, 15) is 14.0 Å². The summed E-state index contributed by atoms with van der Waals surface area (Å²) in [6, 6.07) is 8.81. The number of urea groups is 1. The summed E-state index contributed by atoms with van der Waals surface area (Å²) in [5.74, 6) is 0.297. The fraction of sp³-hybridized carbons (Fsp3) is 0.316. The third-order valence-electron chi connectivity index (χ3n) is 4.40. The molecule has 0 bridgehead atoms. The van der Waals surface area contributed by atoms with E-state index in [2.05, 4.69) is 10.3 Å². The second kappa shape index (κ2) is 8.03. The highest BCUT2D eigenvalue weighted by Gasteiger charge is 2.25. The zero-order valence-electron chi connectivity index (χ0n) is 15.4. The van der Waals surface area contributed by atoms with Gasteiger partial charge in [-0.15, -0.1) is 0 Å². The molecular weight excluding hydrogens is 349 g/mol. The fourth-order valence-electron chi connectivity index (χ4n) is 2.83. The lowest BCUT2D eigenvalue weighted by Crippen LogP contribution is -2.51. The maximum Gasteiger partial charge on any atom is 0.321 e. The molecule has 0 atom stereocenters. The topological polar surface area (TPSA) is 68.8 Å². The van der Waals surface area contributed by atoms with Crippen molar-refractivity contribution in [2.24, 2.45) is 0 Å². The molecule has 27 heavy (non-hydrogen) atoms. The minimum absolute atomic E-state index is 0.0703. The Morgan fingerprint density at radius 3 is 2.30 bits per heavy atom. The molecule has 0 unspecified atom stereocenters. The summed E-state index contributed by atoms with van der Waals surface area (Å²) < 4.78 is 12.9. The van der Waals surface area contributed by atoms with E-state index in [0.717, 1.165) is 5.82 Å². The quantitative estimate of drug-likeness (QED) is 0.899. The maximum absolute atomic E-state index is 12.9. The van der Waals surface area contributed by atoms with Crippen LogP contribution in [0, 0.1) is 5.82 Å². The van der Waals surface area contributed by atoms with Crippen molar-refractivity contribution in [3.63, 3.8) is 0 Å². The number of halogens is 1. The van der Waals surface area contributed by atoms with Crippen molar-refractivity contribution in [2.45, 2.75) is 0 Å². The van der Waals surface area contributed by atoms with Gasteiger partial charge < -0.3 is 20.0 Å². The van der Waals surface area contributed by atoms with Gasteiger partial charge in [-0.1, -0.05) is 0 Å². The highest BCUT2D eigenvalue weighted by atomic mass is 19.1. The van der Waals surface area contributed by atoms with Crippen LogP contribution in [0.4, 0.5) is 20.7 Å². The molecule has 3 rings (SSSR count). The van der Waals surface area contributed by atoms with Gasteiger partial charge in [-0.3, -0.25) is 4.79 Å². The minimum atomic E-state index is -0.353. The van der Waals surface area contributed by atoms with Gasteiger partial charge in [-0.25, -0.2) is 14.2 Å². The van der Waals surface area contributed by atoms with Crippen LogP contribution in [0.1, 0.15) is 10.4 Å². The summed E-state index contributed by atoms with van der Waals surface area (Å²) >= 11 is 0. The average molecular weight is 371 g/mol. The number of amides is 3. The number of hydrogen-bond acceptors (Lipinski definition) is 4. The SMILES string of the molecule is CN(C)c1cc(C(=O)N2CCN(C(=O)Nc3ccc(F)cc3)CC2)ccn1. The molecule has 2 aromatic rings. The van der Waals surface area contributed by atoms with Gasteiger partial charge in [0.25, 0.3) is 5.91 Å². The van der Waals surface area contributed by atoms with Crippen molar-refractivity contribution in [3.05, 3.63) is 54.0 Å². The first kappa shape index (κ1) is 18.6. The summed E-state index contributed by atoms with van der Waals surface area (Å²) in [5, 5.41) is 2.74. The number of anilines is 2. The molecule has 0 saturated carbocycles. The van der Waals surface area contributed by atoms with Crippen LogP contribution in [-0.4, -0.2) is 67.0 Å². The van der Waals surface area contributed by atoms with Crippen LogP contribution in [-0.2, 0) is 0 Å². The van der Waals surface area contributed by atoms with Crippen LogP contribution >= 0.6 is 0 Å². The lowest BCUT2D eigenvalue weighted by atomic mass is 10.2. The lowest BCUT2D eigenvalue weighted by Gasteiger charge is -2.34. The molecule has 8 heteroatoms. The van der Waals surface area contributed by atoms with E-state index in [1.807, 2.05) is 19.0 Å². The van der Waals surface area contributed by atoms with Gasteiger partial charge in [-0.2, -0.15) is 0 Å². The number of carbonyl (C=O) groups excluding carboxylic acids is 2. The molecule has 1 saturated heterocycles. The molecule has 1 aromatic carbocycles. The molecule has 1 aromatic heterocycles. The molecule has 3 amide bonds. The molecule has 2 heterocycles. The first-order chi connectivity index (χ1) is 12.9. The normalized spacial score (nSPS) is 14.0. The van der Waals surface area contributed by atoms with E-state index in [1.54, 1.807) is 28.1 Å². The lowest BCUT2D eigenvalue weighted by molar-refractivity contribution is 0.0671. The third-order valence-corrected chi connectivity index (χ3v) is 4.40. The van der Waals surface area contributed by atoms with Gasteiger partial charge in [0.2, 0.25) is 0 Å². The maximum atomic E-state index is 12.9. The largest absolute Gasteiger partial charge is 0.363 e. The Balaban J connectivity index is 1.56. The van der Waals surface area contributed by atoms with Crippen LogP contribution < -0.4 is 10.2 Å². The summed E-state index contributed by atoms with van der Waals surface area (Å²) in [4.78, 5) is 34.5. The molecule has 7 nitrogen and oxygen atoms in total. The smallest absolute Gasteiger partial charge is 0.321 e. The van der Waals surface area contributed by atoms with E-state index in [0.29, 0.717) is 37.4 Å². The second-order valence-electron chi connectivity index (χ2n) is 6.51. The number of piperazine rings is 1. The molecule has 1 aliphatic rings. The van der Waals surface area contributed by atoms with Gasteiger partial charge >= 0.3 is 6.03 Å². The highest BCUT2D eigenvalue weighted by Crippen LogP contribution is 2.15. The molecule has 1 N–H and O–H groups in total. The van der Waals surface area contributed by atoms with Gasteiger partial charge in [-0.05, 0) is 36.4 Å². The fourth-order valence-corrected chi connectivity index (χ4v) is 2.83. The van der Waals surface area contributed by atoms with Crippen LogP contribution in [0.25, 0.3) is 0 Å². The number of hydrogen-bond donors (Lipinski definition) is 1. The Hall–Kier alpha value is -3.16. The predicted octanol–water partition coefficient (Wildman–Crippen LogP) is 2.28. The molecule has 0 radical (unpaired) electrons. The Morgan fingerprint density at radius 1 is 1.04 bits per heavy atom. The standard InChI is InChI=1S/C19H22FN5O2/c1-23(2)17-13-14(7-8-21-17)18(26)24-9-11-25(12-10-24)19(27)22-16-5-3-15(20)4-6-16/h3-8,13H,9-12H2,1-2H3,(H,22,27). The highest BCUT2D eigenvalue weighted by molar-refractivity contribution is 5.95. The van der Waals surface area contributed by atoms with Crippen molar-refractivity contribution in [3.8, 4) is 0 Å². The van der Waals surface area contributed by atoms with E-state index in [1.165, 1.54) is 24.3 Å². The second-order valence-corrected chi connectivity index (χ2v) is 6.51. The Bertz CT molecular complexity index is 817. The summed E-state index contributed by atoms with van der Waals surface area (Å²) in [6.45, 7) is 1.78. The molecule has 142 valence electrons. The number of aromatic nitrogens is 1. The molecule has 0 aliphatic carbocycles. The van der Waals surface area contributed by atoms with Crippen LogP contribution in [0.3, 0.4) is 0 Å². The first-order valence-corrected chi connectivity index (χ1v) is 8.68. The van der Waals surface area contributed by atoms with Gasteiger partial charge in [0, 0.05) is 57.7 Å². The Kier molecular flexibility index (Phi) is 5.54. The Labute approximate surface area is 157 Å². The van der Waals surface area contributed by atoms with Gasteiger partial charge in [0.1, 0.15) is 11.6 Å². The van der Waals surface area contributed by atoms with E-state index in [-0.39, 0.29) is 17.8 Å². The van der Waals surface area contributed by atoms with Crippen LogP contribution in [0.15, 0.2) is 42.6 Å². The summed E-state index contributed by atoms with van der Waals surface area (Å²) in [6.07, 6.45) is 1.62. The number of nitrogens with one attached hydrogen (secondary N) is 1. The van der Waals surface area contributed by atoms with Crippen LogP contribution in [0.5, 0.6) is 0 Å². The van der Waals surface area contributed by atoms with Crippen molar-refractivity contribution in [1.29, 1.82) is 0 Å². The van der Waals surface area contributed by atoms with Crippen molar-refractivity contribution < 1.29 is 14.0 Å². The zero-order chi connectivity index (χ0) is 19.4. The zero-order valence-corrected chi connectivity index (χ0v) is 15.4. The van der Waals surface area contributed by atoms with Gasteiger partial charge in [0.15, 0.2) is 0 Å². The summed E-state index contributed by atoms with van der Waals surface area (Å²) in [7, 11) is 3.74. The van der Waals surface area contributed by atoms with E-state index < -0.39 is 0 Å². The first-order valence-electron chi connectivity index (χ1n) is 8.68. The molecule has 0 spiro atoms. The Morgan fingerprint density at radius 2 is 1.67 bits per heavy atom. The number of benzene rings is 1. The third kappa shape index (κ3) is 4.52. The number of carbonyl (C=O) groups is 2. The van der Waals surface area contributed by atoms with Crippen molar-refractivity contribution in [1.82, 2.24) is 14.8 Å². The monoisotopic (exact) mass is 371 g/mol. The van der Waals surface area contributed by atoms with Gasteiger partial charge in [0.05, 0.1) is 0 Å². The van der Waals surface area contributed by atoms with E-state index in [4.69, 9.17) is 0 Å². The van der Waals surface area contributed by atoms with Crippen LogP contribution in [0.2, 0.25) is 0 Å². The average Bonchev–Trinajstić information content (AvgIpc) is 2.69. The predicted molar refractivity (Wildman–Crippen MR) is 101 cm³/mol. The minimum Gasteiger partial charge on any atom is -0.363 e. The van der Waals surface area contributed by atoms with Crippen molar-refractivity contribution in [2.75, 3.05) is 50.5 Å². The van der Waals surface area contributed by atoms with E-state index >= 15 is 0 Å². The molecule has 1 aliphatic heterocycles. The number of rotatable bonds is 3. The molecular formula is C19H22FN5O2. The summed E-state index contributed by atoms with van der Waals surface area (Å²) in [5.41, 5.74) is 1.12.